The van der Waals surface area contributed by atoms with Crippen molar-refractivity contribution in [3.05, 3.63) is 52.9 Å². The Labute approximate surface area is 120 Å². The highest BCUT2D eigenvalue weighted by Crippen LogP contribution is 2.28. The lowest BCUT2D eigenvalue weighted by Gasteiger charge is -2.11. The molecule has 20 heavy (non-hydrogen) atoms. The number of fused-ring (bicyclic) bond motifs is 1. The van der Waals surface area contributed by atoms with Crippen LogP contribution in [0, 0.1) is 18.3 Å². The van der Waals surface area contributed by atoms with Crippen molar-refractivity contribution in [2.45, 2.75) is 6.92 Å². The van der Waals surface area contributed by atoms with Crippen LogP contribution in [0.5, 0.6) is 0 Å². The molecule has 0 radical (unpaired) electrons. The summed E-state index contributed by atoms with van der Waals surface area (Å²) in [5.41, 5.74) is 3.82. The van der Waals surface area contributed by atoms with E-state index in [2.05, 4.69) is 21.5 Å². The third kappa shape index (κ3) is 2.06. The second kappa shape index (κ2) is 4.83. The topological polar surface area (TPSA) is 66.0 Å². The van der Waals surface area contributed by atoms with Gasteiger partial charge in [0.1, 0.15) is 0 Å². The van der Waals surface area contributed by atoms with E-state index in [0.717, 1.165) is 16.9 Å². The zero-order valence-corrected chi connectivity index (χ0v) is 11.4. The van der Waals surface area contributed by atoms with Gasteiger partial charge in [0.2, 0.25) is 0 Å². The molecule has 5 nitrogen and oxygen atoms in total. The van der Waals surface area contributed by atoms with Crippen LogP contribution in [0.1, 0.15) is 11.1 Å². The Morgan fingerprint density at radius 3 is 2.75 bits per heavy atom. The SMILES string of the molecule is Cc1c(Cl)nn2ccnc2c1Nc1ccc(C#N)cc1. The number of imidazole rings is 1. The van der Waals surface area contributed by atoms with Gasteiger partial charge in [0.15, 0.2) is 10.8 Å². The summed E-state index contributed by atoms with van der Waals surface area (Å²) in [6.07, 6.45) is 3.41. The molecule has 6 heteroatoms. The monoisotopic (exact) mass is 283 g/mol. The van der Waals surface area contributed by atoms with Crippen LogP contribution in [-0.2, 0) is 0 Å². The standard InChI is InChI=1S/C14H10ClN5/c1-9-12(14-17-6-7-20(14)19-13(9)15)18-11-4-2-10(8-16)3-5-11/h2-7,18H,1H3. The van der Waals surface area contributed by atoms with Crippen molar-refractivity contribution in [2.75, 3.05) is 5.32 Å². The summed E-state index contributed by atoms with van der Waals surface area (Å²) in [7, 11) is 0. The summed E-state index contributed by atoms with van der Waals surface area (Å²) in [4.78, 5) is 4.28. The molecule has 0 fully saturated rings. The first-order chi connectivity index (χ1) is 9.69. The van der Waals surface area contributed by atoms with E-state index < -0.39 is 0 Å². The van der Waals surface area contributed by atoms with E-state index in [9.17, 15) is 0 Å². The molecule has 0 saturated heterocycles. The van der Waals surface area contributed by atoms with Gasteiger partial charge in [-0.25, -0.2) is 9.50 Å². The normalized spacial score (nSPS) is 10.4. The molecule has 2 aromatic heterocycles. The first kappa shape index (κ1) is 12.5. The number of nitrogens with zero attached hydrogens (tertiary/aromatic N) is 4. The molecule has 1 N–H and O–H groups in total. The van der Waals surface area contributed by atoms with E-state index in [1.807, 2.05) is 19.1 Å². The number of nitriles is 1. The second-order valence-corrected chi connectivity index (χ2v) is 4.66. The lowest BCUT2D eigenvalue weighted by molar-refractivity contribution is 0.929. The molecule has 0 bridgehead atoms. The maximum absolute atomic E-state index is 8.80. The Morgan fingerprint density at radius 2 is 2.05 bits per heavy atom. The predicted molar refractivity (Wildman–Crippen MR) is 77.2 cm³/mol. The maximum Gasteiger partial charge on any atom is 0.177 e. The van der Waals surface area contributed by atoms with Crippen LogP contribution in [-0.4, -0.2) is 14.6 Å². The lowest BCUT2D eigenvalue weighted by Crippen LogP contribution is -2.01. The van der Waals surface area contributed by atoms with Crippen molar-refractivity contribution >= 4 is 28.6 Å². The molecule has 0 unspecified atom stereocenters. The summed E-state index contributed by atoms with van der Waals surface area (Å²) >= 11 is 6.12. The quantitative estimate of drug-likeness (QED) is 0.783. The van der Waals surface area contributed by atoms with Crippen LogP contribution >= 0.6 is 11.6 Å². The fourth-order valence-electron chi connectivity index (χ4n) is 1.92. The van der Waals surface area contributed by atoms with Gasteiger partial charge in [-0.2, -0.15) is 10.4 Å². The molecule has 1 aromatic carbocycles. The summed E-state index contributed by atoms with van der Waals surface area (Å²) in [5, 5.41) is 16.7. The van der Waals surface area contributed by atoms with Crippen molar-refractivity contribution in [1.82, 2.24) is 14.6 Å². The third-order valence-electron chi connectivity index (χ3n) is 3.01. The molecular formula is C14H10ClN5. The average molecular weight is 284 g/mol. The van der Waals surface area contributed by atoms with Gasteiger partial charge in [-0.15, -0.1) is 0 Å². The third-order valence-corrected chi connectivity index (χ3v) is 3.37. The summed E-state index contributed by atoms with van der Waals surface area (Å²) in [6, 6.07) is 9.27. The largest absolute Gasteiger partial charge is 0.352 e. The number of rotatable bonds is 2. The highest BCUT2D eigenvalue weighted by Gasteiger charge is 2.12. The van der Waals surface area contributed by atoms with Crippen molar-refractivity contribution in [1.29, 1.82) is 5.26 Å². The van der Waals surface area contributed by atoms with Crippen LogP contribution in [0.25, 0.3) is 5.65 Å². The predicted octanol–water partition coefficient (Wildman–Crippen LogP) is 3.31. The van der Waals surface area contributed by atoms with Gasteiger partial charge in [-0.05, 0) is 31.2 Å². The highest BCUT2D eigenvalue weighted by molar-refractivity contribution is 6.30. The maximum atomic E-state index is 8.80. The first-order valence-electron chi connectivity index (χ1n) is 5.95. The Bertz CT molecular complexity index is 814. The number of anilines is 2. The minimum atomic E-state index is 0.423. The molecule has 2 heterocycles. The van der Waals surface area contributed by atoms with Gasteiger partial charge in [0.25, 0.3) is 0 Å². The van der Waals surface area contributed by atoms with Crippen molar-refractivity contribution in [3.63, 3.8) is 0 Å². The van der Waals surface area contributed by atoms with Gasteiger partial charge in [0.05, 0.1) is 17.3 Å². The van der Waals surface area contributed by atoms with E-state index in [1.165, 1.54) is 0 Å². The molecule has 98 valence electrons. The number of halogens is 1. The molecule has 0 aliphatic heterocycles. The van der Waals surface area contributed by atoms with E-state index in [1.54, 1.807) is 29.0 Å². The molecule has 3 rings (SSSR count). The molecule has 0 aliphatic carbocycles. The average Bonchev–Trinajstić information content (AvgIpc) is 2.92. The molecule has 0 saturated carbocycles. The zero-order chi connectivity index (χ0) is 14.1. The minimum Gasteiger partial charge on any atom is -0.352 e. The highest BCUT2D eigenvalue weighted by atomic mass is 35.5. The van der Waals surface area contributed by atoms with Crippen LogP contribution in [0.2, 0.25) is 5.15 Å². The fraction of sp³-hybridized carbons (Fsp3) is 0.0714. The summed E-state index contributed by atoms with van der Waals surface area (Å²) < 4.78 is 1.63. The van der Waals surface area contributed by atoms with Crippen LogP contribution < -0.4 is 5.32 Å². The molecule has 0 aliphatic rings. The molecule has 0 spiro atoms. The second-order valence-electron chi connectivity index (χ2n) is 4.30. The molecule has 3 aromatic rings. The van der Waals surface area contributed by atoms with Crippen molar-refractivity contribution < 1.29 is 0 Å². The van der Waals surface area contributed by atoms with E-state index in [-0.39, 0.29) is 0 Å². The van der Waals surface area contributed by atoms with Crippen LogP contribution in [0.3, 0.4) is 0 Å². The molecule has 0 atom stereocenters. The van der Waals surface area contributed by atoms with E-state index >= 15 is 0 Å². The van der Waals surface area contributed by atoms with Crippen LogP contribution in [0.4, 0.5) is 11.4 Å². The van der Waals surface area contributed by atoms with Gasteiger partial charge >= 0.3 is 0 Å². The van der Waals surface area contributed by atoms with Crippen molar-refractivity contribution in [2.24, 2.45) is 0 Å². The van der Waals surface area contributed by atoms with Gasteiger partial charge < -0.3 is 5.32 Å². The number of aromatic nitrogens is 3. The zero-order valence-electron chi connectivity index (χ0n) is 10.6. The Morgan fingerprint density at radius 1 is 1.30 bits per heavy atom. The number of hydrogen-bond acceptors (Lipinski definition) is 4. The van der Waals surface area contributed by atoms with E-state index in [0.29, 0.717) is 16.4 Å². The van der Waals surface area contributed by atoms with E-state index in [4.69, 9.17) is 16.9 Å². The summed E-state index contributed by atoms with van der Waals surface area (Å²) in [5.74, 6) is 0. The number of hydrogen-bond donors (Lipinski definition) is 1. The number of benzene rings is 1. The van der Waals surface area contributed by atoms with Gasteiger partial charge in [-0.3, -0.25) is 0 Å². The Kier molecular flexibility index (Phi) is 3.01. The first-order valence-corrected chi connectivity index (χ1v) is 6.33. The number of nitrogens with one attached hydrogen (secondary N) is 1. The Hall–Kier alpha value is -2.58. The van der Waals surface area contributed by atoms with Crippen LogP contribution in [0.15, 0.2) is 36.7 Å². The van der Waals surface area contributed by atoms with Gasteiger partial charge in [0, 0.05) is 23.6 Å². The fourth-order valence-corrected chi connectivity index (χ4v) is 2.10. The minimum absolute atomic E-state index is 0.423. The molecule has 0 amide bonds. The summed E-state index contributed by atoms with van der Waals surface area (Å²) in [6.45, 7) is 1.88. The molecular weight excluding hydrogens is 274 g/mol. The van der Waals surface area contributed by atoms with Crippen molar-refractivity contribution in [3.8, 4) is 6.07 Å². The Balaban J connectivity index is 2.07. The van der Waals surface area contributed by atoms with Gasteiger partial charge in [-0.1, -0.05) is 11.6 Å². The lowest BCUT2D eigenvalue weighted by atomic mass is 10.2. The smallest absolute Gasteiger partial charge is 0.177 e.